The van der Waals surface area contributed by atoms with E-state index in [-0.39, 0.29) is 5.97 Å². The zero-order valence-electron chi connectivity index (χ0n) is 9.61. The summed E-state index contributed by atoms with van der Waals surface area (Å²) in [6.07, 6.45) is 0. The van der Waals surface area contributed by atoms with Gasteiger partial charge in [0.15, 0.2) is 0 Å². The molecule has 0 saturated carbocycles. The van der Waals surface area contributed by atoms with Crippen molar-refractivity contribution in [1.29, 1.82) is 0 Å². The highest BCUT2D eigenvalue weighted by atomic mass is 79.9. The highest BCUT2D eigenvalue weighted by Gasteiger charge is 2.15. The van der Waals surface area contributed by atoms with E-state index in [1.807, 2.05) is 30.3 Å². The van der Waals surface area contributed by atoms with Crippen molar-refractivity contribution in [2.45, 2.75) is 0 Å². The molecule has 0 atom stereocenters. The molecule has 0 heterocycles. The minimum Gasteiger partial charge on any atom is -0.465 e. The molecule has 0 aliphatic carbocycles. The number of hydrogen-bond acceptors (Lipinski definition) is 2. The van der Waals surface area contributed by atoms with Gasteiger partial charge in [-0.15, -0.1) is 0 Å². The second-order valence-corrected chi connectivity index (χ2v) is 4.98. The molecule has 0 spiro atoms. The zero-order chi connectivity index (χ0) is 13.1. The average Bonchev–Trinajstić information content (AvgIpc) is 2.39. The van der Waals surface area contributed by atoms with Gasteiger partial charge in [0.1, 0.15) is 0 Å². The number of carbonyl (C=O) groups excluding carboxylic acids is 1. The molecule has 92 valence electrons. The smallest absolute Gasteiger partial charge is 0.338 e. The molecule has 0 aliphatic heterocycles. The van der Waals surface area contributed by atoms with Crippen molar-refractivity contribution < 1.29 is 9.53 Å². The fraction of sp³-hybridized carbons (Fsp3) is 0.0714. The van der Waals surface area contributed by atoms with Gasteiger partial charge in [0, 0.05) is 15.1 Å². The fourth-order valence-corrected chi connectivity index (χ4v) is 2.31. The summed E-state index contributed by atoms with van der Waals surface area (Å²) in [6.45, 7) is 0. The molecular weight excluding hydrogens is 316 g/mol. The van der Waals surface area contributed by atoms with Crippen molar-refractivity contribution in [3.63, 3.8) is 0 Å². The van der Waals surface area contributed by atoms with Crippen molar-refractivity contribution in [3.05, 3.63) is 57.5 Å². The molecule has 2 aromatic rings. The van der Waals surface area contributed by atoms with Crippen LogP contribution in [-0.2, 0) is 4.74 Å². The molecule has 0 unspecified atom stereocenters. The van der Waals surface area contributed by atoms with Gasteiger partial charge in [-0.2, -0.15) is 0 Å². The van der Waals surface area contributed by atoms with Gasteiger partial charge in [-0.05, 0) is 23.8 Å². The van der Waals surface area contributed by atoms with E-state index in [0.717, 1.165) is 15.6 Å². The summed E-state index contributed by atoms with van der Waals surface area (Å²) in [5.74, 6) is -0.383. The Morgan fingerprint density at radius 2 is 1.89 bits per heavy atom. The number of benzene rings is 2. The molecule has 18 heavy (non-hydrogen) atoms. The van der Waals surface area contributed by atoms with E-state index in [0.29, 0.717) is 10.6 Å². The summed E-state index contributed by atoms with van der Waals surface area (Å²) < 4.78 is 5.61. The maximum Gasteiger partial charge on any atom is 0.338 e. The van der Waals surface area contributed by atoms with Gasteiger partial charge in [-0.1, -0.05) is 51.8 Å². The Morgan fingerprint density at radius 1 is 1.17 bits per heavy atom. The number of ether oxygens (including phenoxy) is 1. The first-order chi connectivity index (χ1) is 8.63. The molecule has 0 aliphatic rings. The molecule has 0 fully saturated rings. The molecule has 0 bridgehead atoms. The summed E-state index contributed by atoms with van der Waals surface area (Å²) in [7, 11) is 1.36. The Bertz CT molecular complexity index is 596. The lowest BCUT2D eigenvalue weighted by atomic mass is 10.00. The third-order valence-electron chi connectivity index (χ3n) is 2.55. The molecule has 2 aromatic carbocycles. The fourth-order valence-electron chi connectivity index (χ4n) is 1.71. The largest absolute Gasteiger partial charge is 0.465 e. The summed E-state index contributed by atoms with van der Waals surface area (Å²) in [5, 5.41) is 0.602. The molecule has 4 heteroatoms. The molecule has 0 aromatic heterocycles. The van der Waals surface area contributed by atoms with Crippen LogP contribution in [0.5, 0.6) is 0 Å². The van der Waals surface area contributed by atoms with Gasteiger partial charge in [0.25, 0.3) is 0 Å². The van der Waals surface area contributed by atoms with Crippen LogP contribution in [0.3, 0.4) is 0 Å². The Hall–Kier alpha value is -1.32. The van der Waals surface area contributed by atoms with Crippen molar-refractivity contribution in [3.8, 4) is 11.1 Å². The van der Waals surface area contributed by atoms with E-state index in [4.69, 9.17) is 16.3 Å². The van der Waals surface area contributed by atoms with Crippen LogP contribution in [-0.4, -0.2) is 13.1 Å². The molecule has 0 N–H and O–H groups in total. The van der Waals surface area contributed by atoms with Crippen molar-refractivity contribution in [2.75, 3.05) is 7.11 Å². The molecule has 0 amide bonds. The molecule has 2 nitrogen and oxygen atoms in total. The number of hydrogen-bond donors (Lipinski definition) is 0. The maximum atomic E-state index is 11.8. The normalized spacial score (nSPS) is 10.2. The number of carbonyl (C=O) groups is 1. The standard InChI is InChI=1S/C14H10BrClO2/c1-18-14(17)12-8-9(15)6-7-10(12)11-4-2-3-5-13(11)16/h2-8H,1H3. The first-order valence-electron chi connectivity index (χ1n) is 5.26. The summed E-state index contributed by atoms with van der Waals surface area (Å²) in [4.78, 5) is 11.8. The SMILES string of the molecule is COC(=O)c1cc(Br)ccc1-c1ccccc1Cl. The van der Waals surface area contributed by atoms with Gasteiger partial charge in [0.2, 0.25) is 0 Å². The topological polar surface area (TPSA) is 26.3 Å². The van der Waals surface area contributed by atoms with E-state index in [9.17, 15) is 4.79 Å². The lowest BCUT2D eigenvalue weighted by Gasteiger charge is -2.10. The number of methoxy groups -OCH3 is 1. The first-order valence-corrected chi connectivity index (χ1v) is 6.43. The van der Waals surface area contributed by atoms with Crippen LogP contribution in [0.25, 0.3) is 11.1 Å². The van der Waals surface area contributed by atoms with E-state index < -0.39 is 0 Å². The van der Waals surface area contributed by atoms with Crippen LogP contribution in [0.2, 0.25) is 5.02 Å². The monoisotopic (exact) mass is 324 g/mol. The van der Waals surface area contributed by atoms with Gasteiger partial charge < -0.3 is 4.74 Å². The molecule has 0 radical (unpaired) electrons. The van der Waals surface area contributed by atoms with Crippen LogP contribution in [0.4, 0.5) is 0 Å². The van der Waals surface area contributed by atoms with Crippen LogP contribution >= 0.6 is 27.5 Å². The van der Waals surface area contributed by atoms with E-state index in [2.05, 4.69) is 15.9 Å². The molecular formula is C14H10BrClO2. The average molecular weight is 326 g/mol. The maximum absolute atomic E-state index is 11.8. The summed E-state index contributed by atoms with van der Waals surface area (Å²) in [5.41, 5.74) is 2.06. The van der Waals surface area contributed by atoms with Gasteiger partial charge in [-0.25, -0.2) is 4.79 Å². The summed E-state index contributed by atoms with van der Waals surface area (Å²) in [6, 6.07) is 12.8. The van der Waals surface area contributed by atoms with Crippen molar-refractivity contribution in [1.82, 2.24) is 0 Å². The second kappa shape index (κ2) is 5.55. The Balaban J connectivity index is 2.64. The third kappa shape index (κ3) is 2.57. The summed E-state index contributed by atoms with van der Waals surface area (Å²) >= 11 is 9.50. The predicted molar refractivity (Wildman–Crippen MR) is 75.9 cm³/mol. The van der Waals surface area contributed by atoms with E-state index in [1.54, 1.807) is 12.1 Å². The predicted octanol–water partition coefficient (Wildman–Crippen LogP) is 4.56. The highest BCUT2D eigenvalue weighted by Crippen LogP contribution is 2.32. The number of halogens is 2. The molecule has 2 rings (SSSR count). The Labute approximate surface area is 119 Å². The van der Waals surface area contributed by atoms with E-state index >= 15 is 0 Å². The minimum atomic E-state index is -0.383. The lowest BCUT2D eigenvalue weighted by Crippen LogP contribution is -2.03. The Kier molecular flexibility index (Phi) is 4.04. The van der Waals surface area contributed by atoms with E-state index in [1.165, 1.54) is 7.11 Å². The minimum absolute atomic E-state index is 0.383. The third-order valence-corrected chi connectivity index (χ3v) is 3.37. The molecule has 0 saturated heterocycles. The van der Waals surface area contributed by atoms with Gasteiger partial charge >= 0.3 is 5.97 Å². The van der Waals surface area contributed by atoms with Crippen LogP contribution in [0.15, 0.2) is 46.9 Å². The number of rotatable bonds is 2. The second-order valence-electron chi connectivity index (χ2n) is 3.66. The van der Waals surface area contributed by atoms with Crippen LogP contribution in [0, 0.1) is 0 Å². The highest BCUT2D eigenvalue weighted by molar-refractivity contribution is 9.10. The number of esters is 1. The van der Waals surface area contributed by atoms with Crippen LogP contribution < -0.4 is 0 Å². The zero-order valence-corrected chi connectivity index (χ0v) is 12.0. The van der Waals surface area contributed by atoms with Gasteiger partial charge in [0.05, 0.1) is 12.7 Å². The van der Waals surface area contributed by atoms with Crippen LogP contribution in [0.1, 0.15) is 10.4 Å². The van der Waals surface area contributed by atoms with Gasteiger partial charge in [-0.3, -0.25) is 0 Å². The Morgan fingerprint density at radius 3 is 2.56 bits per heavy atom. The lowest BCUT2D eigenvalue weighted by molar-refractivity contribution is 0.0601. The van der Waals surface area contributed by atoms with Crippen molar-refractivity contribution in [2.24, 2.45) is 0 Å². The first kappa shape index (κ1) is 13.1. The van der Waals surface area contributed by atoms with Crippen molar-refractivity contribution >= 4 is 33.5 Å². The quantitative estimate of drug-likeness (QED) is 0.757.